The van der Waals surface area contributed by atoms with Crippen molar-refractivity contribution in [2.24, 2.45) is 17.5 Å². The van der Waals surface area contributed by atoms with Crippen LogP contribution in [0.2, 0.25) is 0 Å². The maximum atomic E-state index is 4.40. The molecule has 1 heterocycles. The van der Waals surface area contributed by atoms with Crippen molar-refractivity contribution in [1.82, 2.24) is 25.3 Å². The number of nitrogens with zero attached hydrogens (tertiary/aromatic N) is 4. The second-order valence-electron chi connectivity index (χ2n) is 7.29. The maximum Gasteiger partial charge on any atom is 0.191 e. The largest absolute Gasteiger partial charge is 0.356 e. The molecule has 0 amide bonds. The Labute approximate surface area is 169 Å². The summed E-state index contributed by atoms with van der Waals surface area (Å²) >= 11 is 0. The summed E-state index contributed by atoms with van der Waals surface area (Å²) in [6, 6.07) is 0.267. The van der Waals surface area contributed by atoms with E-state index in [1.165, 1.54) is 37.7 Å². The molecule has 1 aromatic rings. The lowest BCUT2D eigenvalue weighted by Gasteiger charge is -2.29. The third-order valence-electron chi connectivity index (χ3n) is 5.46. The number of hydrogen-bond acceptors (Lipinski definition) is 3. The van der Waals surface area contributed by atoms with E-state index >= 15 is 0 Å². The van der Waals surface area contributed by atoms with Crippen LogP contribution in [0.1, 0.15) is 50.6 Å². The first kappa shape index (κ1) is 22.2. The Balaban J connectivity index is 0.00000312. The van der Waals surface area contributed by atoms with Crippen LogP contribution in [0.5, 0.6) is 0 Å². The average molecular weight is 462 g/mol. The molecule has 1 saturated carbocycles. The summed E-state index contributed by atoms with van der Waals surface area (Å²) < 4.78 is 1.85. The van der Waals surface area contributed by atoms with Crippen LogP contribution >= 0.6 is 24.0 Å². The zero-order chi connectivity index (χ0) is 17.6. The number of aromatic nitrogens is 2. The van der Waals surface area contributed by atoms with Gasteiger partial charge in [-0.15, -0.1) is 24.0 Å². The fraction of sp³-hybridized carbons (Fsp3) is 0.778. The minimum Gasteiger partial charge on any atom is -0.356 e. The zero-order valence-electron chi connectivity index (χ0n) is 16.4. The van der Waals surface area contributed by atoms with Crippen molar-refractivity contribution in [3.8, 4) is 0 Å². The van der Waals surface area contributed by atoms with Crippen LogP contribution in [-0.4, -0.2) is 54.9 Å². The molecule has 0 spiro atoms. The highest BCUT2D eigenvalue weighted by Gasteiger charge is 2.31. The third-order valence-corrected chi connectivity index (χ3v) is 5.46. The summed E-state index contributed by atoms with van der Waals surface area (Å²) in [4.78, 5) is 6.61. The van der Waals surface area contributed by atoms with Gasteiger partial charge in [-0.05, 0) is 38.8 Å². The van der Waals surface area contributed by atoms with E-state index < -0.39 is 0 Å². The van der Waals surface area contributed by atoms with Crippen molar-refractivity contribution < 1.29 is 0 Å². The van der Waals surface area contributed by atoms with Crippen LogP contribution < -0.4 is 10.6 Å². The highest BCUT2D eigenvalue weighted by atomic mass is 127. The summed E-state index contributed by atoms with van der Waals surface area (Å²) in [5.41, 5.74) is 1.67. The first-order valence-electron chi connectivity index (χ1n) is 9.09. The van der Waals surface area contributed by atoms with Gasteiger partial charge in [0.2, 0.25) is 0 Å². The summed E-state index contributed by atoms with van der Waals surface area (Å²) in [7, 11) is 7.99. The number of halogens is 1. The molecule has 1 unspecified atom stereocenters. The van der Waals surface area contributed by atoms with Gasteiger partial charge in [0.05, 0.1) is 12.2 Å². The van der Waals surface area contributed by atoms with Crippen LogP contribution in [-0.2, 0) is 7.05 Å². The van der Waals surface area contributed by atoms with Gasteiger partial charge in [0.15, 0.2) is 5.96 Å². The molecule has 0 radical (unpaired) electrons. The predicted octanol–water partition coefficient (Wildman–Crippen LogP) is 2.78. The average Bonchev–Trinajstić information content (AvgIpc) is 3.20. The first-order chi connectivity index (χ1) is 11.5. The molecule has 6 nitrogen and oxygen atoms in total. The van der Waals surface area contributed by atoms with E-state index in [0.717, 1.165) is 19.0 Å². The lowest BCUT2D eigenvalue weighted by molar-refractivity contribution is 0.280. The van der Waals surface area contributed by atoms with Crippen LogP contribution in [0.4, 0.5) is 0 Å². The van der Waals surface area contributed by atoms with E-state index in [-0.39, 0.29) is 30.0 Å². The molecule has 1 fully saturated rings. The quantitative estimate of drug-likeness (QED) is 0.372. The van der Waals surface area contributed by atoms with Gasteiger partial charge in [-0.25, -0.2) is 0 Å². The van der Waals surface area contributed by atoms with Gasteiger partial charge in [0.25, 0.3) is 0 Å². The van der Waals surface area contributed by atoms with E-state index in [9.17, 15) is 0 Å². The van der Waals surface area contributed by atoms with Crippen molar-refractivity contribution in [2.75, 3.05) is 34.2 Å². The molecular weight excluding hydrogens is 427 g/mol. The number of guanidine groups is 1. The zero-order valence-corrected chi connectivity index (χ0v) is 18.7. The van der Waals surface area contributed by atoms with Crippen molar-refractivity contribution in [3.05, 3.63) is 18.0 Å². The number of hydrogen-bond donors (Lipinski definition) is 2. The molecule has 0 aliphatic heterocycles. The summed E-state index contributed by atoms with van der Waals surface area (Å²) in [5.74, 6) is 0.894. The Kier molecular flexibility index (Phi) is 9.20. The van der Waals surface area contributed by atoms with E-state index in [2.05, 4.69) is 52.8 Å². The topological polar surface area (TPSA) is 57.5 Å². The monoisotopic (exact) mass is 462 g/mol. The van der Waals surface area contributed by atoms with E-state index in [1.54, 1.807) is 0 Å². The highest BCUT2D eigenvalue weighted by Crippen LogP contribution is 2.40. The van der Waals surface area contributed by atoms with Gasteiger partial charge in [-0.2, -0.15) is 5.10 Å². The maximum absolute atomic E-state index is 4.40. The van der Waals surface area contributed by atoms with Gasteiger partial charge in [0, 0.05) is 38.9 Å². The predicted molar refractivity (Wildman–Crippen MR) is 116 cm³/mol. The number of nitrogens with one attached hydrogen (secondary N) is 2. The smallest absolute Gasteiger partial charge is 0.191 e. The van der Waals surface area contributed by atoms with Crippen LogP contribution in [0.3, 0.4) is 0 Å². The van der Waals surface area contributed by atoms with Crippen molar-refractivity contribution >= 4 is 29.9 Å². The van der Waals surface area contributed by atoms with Gasteiger partial charge < -0.3 is 15.5 Å². The SMILES string of the molecule is CCC1(CNC(=NC)NCC(c2cnn(C)c2)N(C)C)CCCC1.I. The second-order valence-corrected chi connectivity index (χ2v) is 7.29. The molecule has 0 bridgehead atoms. The molecule has 2 rings (SSSR count). The third kappa shape index (κ3) is 6.13. The molecule has 2 N–H and O–H groups in total. The van der Waals surface area contributed by atoms with E-state index in [1.807, 2.05) is 25.0 Å². The molecule has 0 saturated heterocycles. The van der Waals surface area contributed by atoms with E-state index in [0.29, 0.717) is 5.41 Å². The molecular formula is C18H35IN6. The van der Waals surface area contributed by atoms with Crippen molar-refractivity contribution in [2.45, 2.75) is 45.1 Å². The summed E-state index contributed by atoms with van der Waals surface area (Å²) in [6.07, 6.45) is 10.7. The molecule has 7 heteroatoms. The number of aryl methyl sites for hydroxylation is 1. The van der Waals surface area contributed by atoms with Gasteiger partial charge in [-0.3, -0.25) is 9.67 Å². The van der Waals surface area contributed by atoms with Gasteiger partial charge in [-0.1, -0.05) is 19.8 Å². The fourth-order valence-corrected chi connectivity index (χ4v) is 3.68. The summed E-state index contributed by atoms with van der Waals surface area (Å²) in [6.45, 7) is 4.13. The Bertz CT molecular complexity index is 533. The molecule has 1 aliphatic rings. The Hall–Kier alpha value is -0.830. The lowest BCUT2D eigenvalue weighted by atomic mass is 9.83. The Morgan fingerprint density at radius 3 is 2.52 bits per heavy atom. The van der Waals surface area contributed by atoms with Gasteiger partial charge >= 0.3 is 0 Å². The van der Waals surface area contributed by atoms with E-state index in [4.69, 9.17) is 0 Å². The molecule has 0 aromatic carbocycles. The second kappa shape index (κ2) is 10.4. The van der Waals surface area contributed by atoms with Gasteiger partial charge in [0.1, 0.15) is 0 Å². The van der Waals surface area contributed by atoms with Crippen molar-refractivity contribution in [3.63, 3.8) is 0 Å². The Morgan fingerprint density at radius 2 is 2.04 bits per heavy atom. The number of likely N-dealkylation sites (N-methyl/N-ethyl adjacent to an activating group) is 1. The standard InChI is InChI=1S/C18H34N6.HI/c1-6-18(9-7-8-10-18)14-21-17(19-2)20-12-16(23(3)4)15-11-22-24(5)13-15;/h11,13,16H,6-10,12,14H2,1-5H3,(H2,19,20,21);1H. The Morgan fingerprint density at radius 1 is 1.36 bits per heavy atom. The molecule has 1 aliphatic carbocycles. The molecule has 1 aromatic heterocycles. The number of aliphatic imine (C=N–C) groups is 1. The minimum absolute atomic E-state index is 0. The normalized spacial score (nSPS) is 18.1. The lowest BCUT2D eigenvalue weighted by Crippen LogP contribution is -2.45. The van der Waals surface area contributed by atoms with Crippen LogP contribution in [0.15, 0.2) is 17.4 Å². The molecule has 144 valence electrons. The molecule has 1 atom stereocenters. The van der Waals surface area contributed by atoms with Crippen LogP contribution in [0.25, 0.3) is 0 Å². The number of rotatable bonds is 7. The first-order valence-corrected chi connectivity index (χ1v) is 9.09. The highest BCUT2D eigenvalue weighted by molar-refractivity contribution is 14.0. The van der Waals surface area contributed by atoms with Crippen molar-refractivity contribution in [1.29, 1.82) is 0 Å². The van der Waals surface area contributed by atoms with Crippen LogP contribution in [0, 0.1) is 5.41 Å². The minimum atomic E-state index is 0. The summed E-state index contributed by atoms with van der Waals surface area (Å²) in [5, 5.41) is 11.3. The fourth-order valence-electron chi connectivity index (χ4n) is 3.68. The molecule has 25 heavy (non-hydrogen) atoms.